The average Bonchev–Trinajstić information content (AvgIpc) is 2.81. The van der Waals surface area contributed by atoms with E-state index >= 15 is 0 Å². The van der Waals surface area contributed by atoms with Gasteiger partial charge in [0.15, 0.2) is 0 Å². The van der Waals surface area contributed by atoms with Crippen LogP contribution in [0.4, 0.5) is 0 Å². The first-order valence-corrected chi connectivity index (χ1v) is 14.1. The van der Waals surface area contributed by atoms with E-state index in [9.17, 15) is 9.67 Å². The summed E-state index contributed by atoms with van der Waals surface area (Å²) < 4.78 is 41.9. The fourth-order valence-corrected chi connectivity index (χ4v) is 8.12. The number of benzene rings is 2. The maximum Gasteiger partial charge on any atom is 0.500 e. The molecule has 170 valence electrons. The smallest absolute Gasteiger partial charge is 0.439 e. The van der Waals surface area contributed by atoms with Crippen LogP contribution in [0.25, 0.3) is 11.1 Å². The number of hydrogen-bond acceptors (Lipinski definition) is 7. The molecule has 2 aromatic rings. The van der Waals surface area contributed by atoms with Crippen molar-refractivity contribution in [2.75, 3.05) is 47.3 Å². The van der Waals surface area contributed by atoms with Gasteiger partial charge in [-0.2, -0.15) is 0 Å². The van der Waals surface area contributed by atoms with E-state index < -0.39 is 16.2 Å². The van der Waals surface area contributed by atoms with Gasteiger partial charge in [0.1, 0.15) is 5.75 Å². The molecule has 2 unspecified atom stereocenters. The number of fused-ring (bicyclic) bond motifs is 3. The van der Waals surface area contributed by atoms with Gasteiger partial charge in [-0.3, -0.25) is 4.57 Å². The summed E-state index contributed by atoms with van der Waals surface area (Å²) in [6, 6.07) is 15.9. The number of ether oxygens (including phenoxy) is 1. The van der Waals surface area contributed by atoms with Crippen LogP contribution in [0.5, 0.6) is 5.75 Å². The van der Waals surface area contributed by atoms with E-state index in [1.54, 1.807) is 21.3 Å². The maximum atomic E-state index is 13.9. The maximum absolute atomic E-state index is 13.9. The highest BCUT2D eigenvalue weighted by Crippen LogP contribution is 2.55. The molecule has 1 aliphatic rings. The largest absolute Gasteiger partial charge is 0.500 e. The summed E-state index contributed by atoms with van der Waals surface area (Å²) in [6.45, 7) is 0.616. The van der Waals surface area contributed by atoms with E-state index in [0.717, 1.165) is 11.1 Å². The molecule has 0 aromatic heterocycles. The first-order valence-electron chi connectivity index (χ1n) is 10.3. The SMILES string of the molecule is CO[Si](CCCOCC(CO)CP1(=O)Oc2ccccc2-c2ccccc21)(OC)OC. The van der Waals surface area contributed by atoms with Crippen molar-refractivity contribution in [3.8, 4) is 16.9 Å². The van der Waals surface area contributed by atoms with Gasteiger partial charge in [0, 0.05) is 58.2 Å². The molecule has 0 amide bonds. The lowest BCUT2D eigenvalue weighted by molar-refractivity contribution is 0.0747. The Bertz CT molecular complexity index is 895. The molecule has 3 rings (SSSR count). The number of aliphatic hydroxyl groups excluding tert-OH is 1. The summed E-state index contributed by atoms with van der Waals surface area (Å²) in [5.41, 5.74) is 1.86. The topological polar surface area (TPSA) is 83.5 Å². The highest BCUT2D eigenvalue weighted by Gasteiger charge is 2.38. The van der Waals surface area contributed by atoms with Crippen molar-refractivity contribution < 1.29 is 32.2 Å². The zero-order valence-electron chi connectivity index (χ0n) is 18.3. The van der Waals surface area contributed by atoms with Gasteiger partial charge < -0.3 is 27.6 Å². The van der Waals surface area contributed by atoms with Crippen molar-refractivity contribution in [2.45, 2.75) is 12.5 Å². The fraction of sp³-hybridized carbons (Fsp3) is 0.455. The Labute approximate surface area is 185 Å². The summed E-state index contributed by atoms with van der Waals surface area (Å²) in [7, 11) is -1.07. The summed E-state index contributed by atoms with van der Waals surface area (Å²) in [6.07, 6.45) is 0.909. The van der Waals surface area contributed by atoms with E-state index in [-0.39, 0.29) is 25.3 Å². The van der Waals surface area contributed by atoms with E-state index in [1.807, 2.05) is 48.5 Å². The van der Waals surface area contributed by atoms with Gasteiger partial charge in [0.25, 0.3) is 7.37 Å². The van der Waals surface area contributed by atoms with E-state index in [2.05, 4.69) is 0 Å². The van der Waals surface area contributed by atoms with Gasteiger partial charge in [-0.1, -0.05) is 36.4 Å². The lowest BCUT2D eigenvalue weighted by Crippen LogP contribution is -2.42. The first-order chi connectivity index (χ1) is 15.0. The van der Waals surface area contributed by atoms with Gasteiger partial charge >= 0.3 is 8.80 Å². The van der Waals surface area contributed by atoms with Gasteiger partial charge in [-0.15, -0.1) is 0 Å². The molecule has 0 saturated carbocycles. The van der Waals surface area contributed by atoms with Crippen molar-refractivity contribution in [1.82, 2.24) is 0 Å². The van der Waals surface area contributed by atoms with Crippen molar-refractivity contribution >= 4 is 21.5 Å². The Morgan fingerprint density at radius 2 is 1.65 bits per heavy atom. The molecule has 1 N–H and O–H groups in total. The molecular formula is C22H31O7PSi. The first kappa shape index (κ1) is 24.1. The van der Waals surface area contributed by atoms with E-state index in [1.165, 1.54) is 0 Å². The summed E-state index contributed by atoms with van der Waals surface area (Å²) in [4.78, 5) is 0. The van der Waals surface area contributed by atoms with Crippen LogP contribution in [0, 0.1) is 5.92 Å². The molecule has 0 spiro atoms. The van der Waals surface area contributed by atoms with Crippen LogP contribution in [0.15, 0.2) is 48.5 Å². The zero-order valence-corrected chi connectivity index (χ0v) is 20.2. The van der Waals surface area contributed by atoms with Crippen LogP contribution >= 0.6 is 7.37 Å². The molecule has 7 nitrogen and oxygen atoms in total. The lowest BCUT2D eigenvalue weighted by atomic mass is 10.0. The second-order valence-electron chi connectivity index (χ2n) is 7.48. The molecule has 0 fully saturated rings. The molecule has 0 saturated heterocycles. The quantitative estimate of drug-likeness (QED) is 0.291. The summed E-state index contributed by atoms with van der Waals surface area (Å²) in [5, 5.41) is 10.6. The van der Waals surface area contributed by atoms with Crippen molar-refractivity contribution in [2.24, 2.45) is 5.92 Å². The molecule has 0 bridgehead atoms. The Balaban J connectivity index is 1.62. The van der Waals surface area contributed by atoms with E-state index in [0.29, 0.717) is 30.1 Å². The van der Waals surface area contributed by atoms with Crippen molar-refractivity contribution in [3.05, 3.63) is 48.5 Å². The Morgan fingerprint density at radius 3 is 2.32 bits per heavy atom. The highest BCUT2D eigenvalue weighted by atomic mass is 31.2. The zero-order chi connectivity index (χ0) is 22.3. The Hall–Kier alpha value is -1.51. The third kappa shape index (κ3) is 5.46. The highest BCUT2D eigenvalue weighted by molar-refractivity contribution is 7.67. The van der Waals surface area contributed by atoms with Crippen LogP contribution in [-0.4, -0.2) is 61.2 Å². The fourth-order valence-electron chi connectivity index (χ4n) is 3.81. The predicted octanol–water partition coefficient (Wildman–Crippen LogP) is 3.54. The second kappa shape index (κ2) is 10.9. The minimum absolute atomic E-state index is 0.135. The molecule has 0 radical (unpaired) electrons. The van der Waals surface area contributed by atoms with Crippen LogP contribution in [-0.2, 0) is 22.6 Å². The monoisotopic (exact) mass is 466 g/mol. The van der Waals surface area contributed by atoms with Crippen molar-refractivity contribution in [1.29, 1.82) is 0 Å². The van der Waals surface area contributed by atoms with Crippen molar-refractivity contribution in [3.63, 3.8) is 0 Å². The minimum atomic E-state index is -3.20. The Morgan fingerprint density at radius 1 is 1.00 bits per heavy atom. The number of aliphatic hydroxyl groups is 1. The molecule has 1 aliphatic heterocycles. The molecule has 0 aliphatic carbocycles. The standard InChI is InChI=1S/C22H31O7PSi/c1-25-31(26-2,27-3)14-8-13-28-16-18(15-23)17-30(24)22-12-7-5-10-20(22)19-9-4-6-11-21(19)29-30/h4-7,9-12,18,23H,8,13-17H2,1-3H3. The van der Waals surface area contributed by atoms with Crippen LogP contribution in [0.1, 0.15) is 6.42 Å². The van der Waals surface area contributed by atoms with Gasteiger partial charge in [0.2, 0.25) is 0 Å². The predicted molar refractivity (Wildman–Crippen MR) is 122 cm³/mol. The van der Waals surface area contributed by atoms with E-state index in [4.69, 9.17) is 22.5 Å². The van der Waals surface area contributed by atoms with Gasteiger partial charge in [-0.05, 0) is 24.1 Å². The van der Waals surface area contributed by atoms with Crippen LogP contribution < -0.4 is 9.83 Å². The normalized spacial score (nSPS) is 18.7. The van der Waals surface area contributed by atoms with Crippen LogP contribution in [0.3, 0.4) is 0 Å². The van der Waals surface area contributed by atoms with Gasteiger partial charge in [0.05, 0.1) is 11.9 Å². The molecule has 9 heteroatoms. The minimum Gasteiger partial charge on any atom is -0.439 e. The summed E-state index contributed by atoms with van der Waals surface area (Å²) >= 11 is 0. The third-order valence-corrected chi connectivity index (χ3v) is 11.0. The number of rotatable bonds is 12. The lowest BCUT2D eigenvalue weighted by Gasteiger charge is -2.30. The third-order valence-electron chi connectivity index (χ3n) is 5.51. The summed E-state index contributed by atoms with van der Waals surface area (Å²) in [5.74, 6) is 0.306. The number of hydrogen-bond donors (Lipinski definition) is 1. The van der Waals surface area contributed by atoms with Crippen LogP contribution in [0.2, 0.25) is 6.04 Å². The molecule has 2 atom stereocenters. The average molecular weight is 467 g/mol. The second-order valence-corrected chi connectivity index (χ2v) is 13.0. The Kier molecular flexibility index (Phi) is 8.47. The number of para-hydroxylation sites is 1. The molecule has 31 heavy (non-hydrogen) atoms. The molecule has 2 aromatic carbocycles. The van der Waals surface area contributed by atoms with Gasteiger partial charge in [-0.25, -0.2) is 0 Å². The molecule has 1 heterocycles. The molecular weight excluding hydrogens is 435 g/mol.